The first-order chi connectivity index (χ1) is 7.10. The number of rotatable bonds is 1. The molecule has 0 spiro atoms. The van der Waals surface area contributed by atoms with Gasteiger partial charge in [-0.2, -0.15) is 0 Å². The fourth-order valence-electron chi connectivity index (χ4n) is 0.987. The van der Waals surface area contributed by atoms with E-state index in [1.165, 1.54) is 0 Å². The number of carbonyl (C=O) groups is 1. The van der Waals surface area contributed by atoms with Crippen molar-refractivity contribution in [1.29, 1.82) is 0 Å². The summed E-state index contributed by atoms with van der Waals surface area (Å²) in [5.41, 5.74) is 0.319. The summed E-state index contributed by atoms with van der Waals surface area (Å²) in [6.07, 6.45) is 0. The summed E-state index contributed by atoms with van der Waals surface area (Å²) in [4.78, 5) is 11.7. The smallest absolute Gasteiger partial charge is 0.232 e. The van der Waals surface area contributed by atoms with Gasteiger partial charge in [-0.3, -0.25) is 10.1 Å². The van der Waals surface area contributed by atoms with Gasteiger partial charge < -0.3 is 4.52 Å². The van der Waals surface area contributed by atoms with Crippen molar-refractivity contribution in [3.63, 3.8) is 0 Å². The van der Waals surface area contributed by atoms with Crippen molar-refractivity contribution >= 4 is 11.8 Å². The highest BCUT2D eigenvalue weighted by atomic mass is 16.5. The van der Waals surface area contributed by atoms with Crippen molar-refractivity contribution in [2.24, 2.45) is 5.41 Å². The molecule has 0 unspecified atom stereocenters. The lowest BCUT2D eigenvalue weighted by Gasteiger charge is -2.15. The molecule has 0 bridgehead atoms. The SMILES string of the molecule is CC(C)(C)C(=O)Nc1cc(C(C)(C)C)no1. The van der Waals surface area contributed by atoms with Gasteiger partial charge in [0.2, 0.25) is 11.8 Å². The summed E-state index contributed by atoms with van der Waals surface area (Å²) in [5, 5.41) is 6.64. The molecule has 4 nitrogen and oxygen atoms in total. The summed E-state index contributed by atoms with van der Waals surface area (Å²) in [5.74, 6) is 0.328. The Kier molecular flexibility index (Phi) is 3.13. The summed E-state index contributed by atoms with van der Waals surface area (Å²) >= 11 is 0. The van der Waals surface area contributed by atoms with Gasteiger partial charge in [-0.05, 0) is 0 Å². The third-order valence-electron chi connectivity index (χ3n) is 2.20. The molecule has 1 rings (SSSR count). The van der Waals surface area contributed by atoms with Crippen LogP contribution in [-0.4, -0.2) is 11.1 Å². The molecule has 0 aromatic carbocycles. The average Bonchev–Trinajstić information content (AvgIpc) is 2.49. The fourth-order valence-corrected chi connectivity index (χ4v) is 0.987. The zero-order valence-electron chi connectivity index (χ0n) is 10.8. The van der Waals surface area contributed by atoms with Gasteiger partial charge in [0.15, 0.2) is 0 Å². The minimum absolute atomic E-state index is 0.0752. The van der Waals surface area contributed by atoms with Crippen LogP contribution in [0.25, 0.3) is 0 Å². The predicted molar refractivity (Wildman–Crippen MR) is 63.3 cm³/mol. The summed E-state index contributed by atoms with van der Waals surface area (Å²) < 4.78 is 5.08. The maximum absolute atomic E-state index is 11.7. The van der Waals surface area contributed by atoms with Crippen LogP contribution in [0, 0.1) is 5.41 Å². The number of nitrogens with zero attached hydrogens (tertiary/aromatic N) is 1. The second-order valence-corrected chi connectivity index (χ2v) is 6.03. The molecule has 1 heterocycles. The molecule has 0 radical (unpaired) electrons. The molecule has 1 aromatic rings. The third kappa shape index (κ3) is 3.08. The van der Waals surface area contributed by atoms with Crippen molar-refractivity contribution in [3.05, 3.63) is 11.8 Å². The number of hydrogen-bond acceptors (Lipinski definition) is 3. The Hall–Kier alpha value is -1.32. The Morgan fingerprint density at radius 1 is 1.25 bits per heavy atom. The molecular weight excluding hydrogens is 204 g/mol. The van der Waals surface area contributed by atoms with Crippen molar-refractivity contribution in [3.8, 4) is 0 Å². The Morgan fingerprint density at radius 2 is 1.81 bits per heavy atom. The molecule has 0 saturated carbocycles. The first-order valence-corrected chi connectivity index (χ1v) is 5.39. The lowest BCUT2D eigenvalue weighted by atomic mass is 9.92. The maximum atomic E-state index is 11.7. The van der Waals surface area contributed by atoms with Gasteiger partial charge in [0.25, 0.3) is 0 Å². The van der Waals surface area contributed by atoms with Gasteiger partial charge in [-0.15, -0.1) is 0 Å². The van der Waals surface area contributed by atoms with Crippen LogP contribution in [-0.2, 0) is 10.2 Å². The normalized spacial score (nSPS) is 12.6. The van der Waals surface area contributed by atoms with Crippen LogP contribution in [0.1, 0.15) is 47.2 Å². The van der Waals surface area contributed by atoms with Gasteiger partial charge in [0.1, 0.15) is 0 Å². The molecule has 0 aliphatic carbocycles. The predicted octanol–water partition coefficient (Wildman–Crippen LogP) is 2.96. The van der Waals surface area contributed by atoms with Crippen LogP contribution in [0.2, 0.25) is 0 Å². The van der Waals surface area contributed by atoms with Gasteiger partial charge in [-0.25, -0.2) is 0 Å². The number of hydrogen-bond donors (Lipinski definition) is 1. The van der Waals surface area contributed by atoms with Crippen LogP contribution < -0.4 is 5.32 Å². The Balaban J connectivity index is 2.78. The number of carbonyl (C=O) groups excluding carboxylic acids is 1. The Morgan fingerprint density at radius 3 is 2.19 bits per heavy atom. The monoisotopic (exact) mass is 224 g/mol. The largest absolute Gasteiger partial charge is 0.338 e. The summed E-state index contributed by atoms with van der Waals surface area (Å²) in [6, 6.07) is 1.77. The van der Waals surface area contributed by atoms with E-state index in [2.05, 4.69) is 10.5 Å². The molecule has 0 atom stereocenters. The number of amides is 1. The van der Waals surface area contributed by atoms with Crippen LogP contribution in [0.4, 0.5) is 5.88 Å². The highest BCUT2D eigenvalue weighted by Gasteiger charge is 2.24. The average molecular weight is 224 g/mol. The molecule has 0 aliphatic heterocycles. The maximum Gasteiger partial charge on any atom is 0.232 e. The van der Waals surface area contributed by atoms with Gasteiger partial charge in [0, 0.05) is 16.9 Å². The van der Waals surface area contributed by atoms with Crippen LogP contribution in [0.3, 0.4) is 0 Å². The second-order valence-electron chi connectivity index (χ2n) is 6.03. The standard InChI is InChI=1S/C12H20N2O2/c1-11(2,3)8-7-9(16-14-8)13-10(15)12(4,5)6/h7H,1-6H3,(H,13,15). The van der Waals surface area contributed by atoms with Crippen molar-refractivity contribution in [1.82, 2.24) is 5.16 Å². The summed E-state index contributed by atoms with van der Waals surface area (Å²) in [6.45, 7) is 11.7. The molecule has 1 N–H and O–H groups in total. The lowest BCUT2D eigenvalue weighted by Crippen LogP contribution is -2.27. The minimum Gasteiger partial charge on any atom is -0.338 e. The Bertz CT molecular complexity index is 380. The molecular formula is C12H20N2O2. The van der Waals surface area contributed by atoms with Gasteiger partial charge in [-0.1, -0.05) is 46.7 Å². The van der Waals surface area contributed by atoms with Crippen molar-refractivity contribution < 1.29 is 9.32 Å². The summed E-state index contributed by atoms with van der Waals surface area (Å²) in [7, 11) is 0. The molecule has 4 heteroatoms. The molecule has 0 aliphatic rings. The van der Waals surface area contributed by atoms with E-state index in [-0.39, 0.29) is 11.3 Å². The molecule has 0 saturated heterocycles. The molecule has 90 valence electrons. The first-order valence-electron chi connectivity index (χ1n) is 5.39. The van der Waals surface area contributed by atoms with Crippen LogP contribution in [0.5, 0.6) is 0 Å². The highest BCUT2D eigenvalue weighted by Crippen LogP contribution is 2.24. The molecule has 16 heavy (non-hydrogen) atoms. The van der Waals surface area contributed by atoms with Crippen LogP contribution >= 0.6 is 0 Å². The van der Waals surface area contributed by atoms with Gasteiger partial charge >= 0.3 is 0 Å². The molecule has 1 aromatic heterocycles. The van der Waals surface area contributed by atoms with Crippen LogP contribution in [0.15, 0.2) is 10.6 Å². The molecule has 0 fully saturated rings. The van der Waals surface area contributed by atoms with E-state index in [4.69, 9.17) is 4.52 Å². The number of nitrogens with one attached hydrogen (secondary N) is 1. The quantitative estimate of drug-likeness (QED) is 0.797. The van der Waals surface area contributed by atoms with E-state index < -0.39 is 5.41 Å². The topological polar surface area (TPSA) is 55.1 Å². The fraction of sp³-hybridized carbons (Fsp3) is 0.667. The Labute approximate surface area is 96.4 Å². The van der Waals surface area contributed by atoms with E-state index in [1.807, 2.05) is 41.5 Å². The first kappa shape index (κ1) is 12.7. The number of anilines is 1. The van der Waals surface area contributed by atoms with E-state index in [0.29, 0.717) is 5.88 Å². The minimum atomic E-state index is -0.436. The molecule has 1 amide bonds. The van der Waals surface area contributed by atoms with E-state index in [9.17, 15) is 4.79 Å². The van der Waals surface area contributed by atoms with Gasteiger partial charge in [0.05, 0.1) is 5.69 Å². The van der Waals surface area contributed by atoms with E-state index >= 15 is 0 Å². The lowest BCUT2D eigenvalue weighted by molar-refractivity contribution is -0.123. The van der Waals surface area contributed by atoms with E-state index in [0.717, 1.165) is 5.69 Å². The van der Waals surface area contributed by atoms with Crippen molar-refractivity contribution in [2.45, 2.75) is 47.0 Å². The number of aromatic nitrogens is 1. The highest BCUT2D eigenvalue weighted by molar-refractivity contribution is 5.93. The van der Waals surface area contributed by atoms with Crippen molar-refractivity contribution in [2.75, 3.05) is 5.32 Å². The second kappa shape index (κ2) is 3.92. The zero-order valence-corrected chi connectivity index (χ0v) is 10.8. The zero-order chi connectivity index (χ0) is 12.6. The van der Waals surface area contributed by atoms with E-state index in [1.54, 1.807) is 6.07 Å². The third-order valence-corrected chi connectivity index (χ3v) is 2.20.